The van der Waals surface area contributed by atoms with Gasteiger partial charge >= 0.3 is 12.2 Å². The number of urea groups is 1. The highest BCUT2D eigenvalue weighted by atomic mass is 19.4. The minimum absolute atomic E-state index is 0.195. The Hall–Kier alpha value is -3.28. The Morgan fingerprint density at radius 3 is 2.40 bits per heavy atom. The maximum Gasteiger partial charge on any atom is 0.417 e. The van der Waals surface area contributed by atoms with Crippen molar-refractivity contribution in [1.82, 2.24) is 5.32 Å². The number of hydrogen-bond donors (Lipinski definition) is 2. The molecule has 0 radical (unpaired) electrons. The number of nitrogens with zero attached hydrogens (tertiary/aromatic N) is 2. The normalized spacial score (nSPS) is 14.8. The number of hydrogen-bond acceptors (Lipinski definition) is 3. The predicted octanol–water partition coefficient (Wildman–Crippen LogP) is 4.75. The van der Waals surface area contributed by atoms with E-state index in [1.54, 1.807) is 6.07 Å². The van der Waals surface area contributed by atoms with Crippen molar-refractivity contribution in [3.05, 3.63) is 59.4 Å². The van der Waals surface area contributed by atoms with Crippen LogP contribution in [0.4, 0.5) is 33.7 Å². The van der Waals surface area contributed by atoms with Gasteiger partial charge < -0.3 is 15.5 Å². The summed E-state index contributed by atoms with van der Waals surface area (Å²) in [6, 6.07) is 10.4. The van der Waals surface area contributed by atoms with Crippen molar-refractivity contribution in [2.75, 3.05) is 29.9 Å². The topological polar surface area (TPSA) is 68.2 Å². The standard InChI is InChI=1S/C21H20F4N4O/c22-16-2-4-17(5-3-16)28-20(30)27-13-14-7-9-29(10-8-14)18-6-1-15(12-26)19(11-18)21(23,24)25/h1-6,11,14H,7-10,13H2,(H2,27,28,30). The van der Waals surface area contributed by atoms with Gasteiger partial charge in [0.1, 0.15) is 5.82 Å². The number of alkyl halides is 3. The van der Waals surface area contributed by atoms with Crippen LogP contribution in [-0.4, -0.2) is 25.7 Å². The minimum atomic E-state index is -4.58. The molecular weight excluding hydrogens is 400 g/mol. The lowest BCUT2D eigenvalue weighted by atomic mass is 9.96. The van der Waals surface area contributed by atoms with Crippen molar-refractivity contribution in [2.45, 2.75) is 19.0 Å². The monoisotopic (exact) mass is 420 g/mol. The first-order valence-corrected chi connectivity index (χ1v) is 9.43. The lowest BCUT2D eigenvalue weighted by Gasteiger charge is -2.34. The molecule has 0 spiro atoms. The Labute approximate surface area is 171 Å². The van der Waals surface area contributed by atoms with Crippen LogP contribution in [0.3, 0.4) is 0 Å². The van der Waals surface area contributed by atoms with Gasteiger partial charge in [0, 0.05) is 31.0 Å². The third-order valence-electron chi connectivity index (χ3n) is 5.06. The van der Waals surface area contributed by atoms with E-state index in [9.17, 15) is 22.4 Å². The fraction of sp³-hybridized carbons (Fsp3) is 0.333. The molecule has 0 bridgehead atoms. The Morgan fingerprint density at radius 2 is 1.80 bits per heavy atom. The van der Waals surface area contributed by atoms with Gasteiger partial charge in [-0.2, -0.15) is 18.4 Å². The third-order valence-corrected chi connectivity index (χ3v) is 5.06. The highest BCUT2D eigenvalue weighted by Gasteiger charge is 2.34. The smallest absolute Gasteiger partial charge is 0.372 e. The average molecular weight is 420 g/mol. The first-order valence-electron chi connectivity index (χ1n) is 9.43. The van der Waals surface area contributed by atoms with E-state index in [2.05, 4.69) is 10.6 Å². The van der Waals surface area contributed by atoms with E-state index in [-0.39, 0.29) is 5.92 Å². The van der Waals surface area contributed by atoms with Crippen LogP contribution in [0.15, 0.2) is 42.5 Å². The highest BCUT2D eigenvalue weighted by Crippen LogP contribution is 2.35. The van der Waals surface area contributed by atoms with E-state index in [1.807, 2.05) is 4.90 Å². The van der Waals surface area contributed by atoms with Crippen molar-refractivity contribution >= 4 is 17.4 Å². The summed E-state index contributed by atoms with van der Waals surface area (Å²) in [5.74, 6) is -0.196. The van der Waals surface area contributed by atoms with Crippen LogP contribution >= 0.6 is 0 Å². The van der Waals surface area contributed by atoms with Crippen molar-refractivity contribution in [2.24, 2.45) is 5.92 Å². The quantitative estimate of drug-likeness (QED) is 0.702. The zero-order valence-corrected chi connectivity index (χ0v) is 16.0. The summed E-state index contributed by atoms with van der Waals surface area (Å²) in [5, 5.41) is 14.3. The second kappa shape index (κ2) is 9.03. The van der Waals surface area contributed by atoms with Crippen molar-refractivity contribution in [3.63, 3.8) is 0 Å². The number of carbonyl (C=O) groups is 1. The van der Waals surface area contributed by atoms with E-state index < -0.39 is 29.2 Å². The first kappa shape index (κ1) is 21.4. The van der Waals surface area contributed by atoms with Gasteiger partial charge in [-0.25, -0.2) is 9.18 Å². The Bertz CT molecular complexity index is 930. The first-order chi connectivity index (χ1) is 14.3. The minimum Gasteiger partial charge on any atom is -0.372 e. The molecule has 0 saturated carbocycles. The van der Waals surface area contributed by atoms with E-state index in [1.165, 1.54) is 36.4 Å². The van der Waals surface area contributed by atoms with Crippen LogP contribution in [0.25, 0.3) is 0 Å². The van der Waals surface area contributed by atoms with Gasteiger partial charge in [-0.15, -0.1) is 0 Å². The number of rotatable bonds is 4. The Balaban J connectivity index is 1.51. The molecule has 2 amide bonds. The van der Waals surface area contributed by atoms with Crippen molar-refractivity contribution < 1.29 is 22.4 Å². The van der Waals surface area contributed by atoms with Gasteiger partial charge in [0.15, 0.2) is 0 Å². The number of piperidine rings is 1. The zero-order valence-electron chi connectivity index (χ0n) is 16.0. The van der Waals surface area contributed by atoms with Gasteiger partial charge in [0.2, 0.25) is 0 Å². The fourth-order valence-electron chi connectivity index (χ4n) is 3.40. The van der Waals surface area contributed by atoms with Crippen LogP contribution in [0.2, 0.25) is 0 Å². The maximum absolute atomic E-state index is 13.2. The molecule has 3 rings (SSSR count). The molecule has 0 unspecified atom stereocenters. The molecule has 1 aliphatic rings. The van der Waals surface area contributed by atoms with Crippen molar-refractivity contribution in [1.29, 1.82) is 5.26 Å². The second-order valence-electron chi connectivity index (χ2n) is 7.11. The average Bonchev–Trinajstić information content (AvgIpc) is 2.73. The second-order valence-corrected chi connectivity index (χ2v) is 7.11. The largest absolute Gasteiger partial charge is 0.417 e. The van der Waals surface area contributed by atoms with E-state index in [4.69, 9.17) is 5.26 Å². The summed E-state index contributed by atoms with van der Waals surface area (Å²) in [7, 11) is 0. The van der Waals surface area contributed by atoms with Crippen LogP contribution in [0, 0.1) is 23.1 Å². The molecule has 0 aromatic heterocycles. The number of amides is 2. The van der Waals surface area contributed by atoms with Gasteiger partial charge in [-0.3, -0.25) is 0 Å². The molecule has 2 N–H and O–H groups in total. The lowest BCUT2D eigenvalue weighted by molar-refractivity contribution is -0.137. The molecule has 2 aromatic rings. The maximum atomic E-state index is 13.2. The van der Waals surface area contributed by atoms with Crippen LogP contribution in [0.1, 0.15) is 24.0 Å². The molecule has 0 aliphatic carbocycles. The molecule has 1 saturated heterocycles. The summed E-state index contributed by atoms with van der Waals surface area (Å²) in [5.41, 5.74) is -0.409. The van der Waals surface area contributed by atoms with Crippen molar-refractivity contribution in [3.8, 4) is 6.07 Å². The molecule has 2 aromatic carbocycles. The lowest BCUT2D eigenvalue weighted by Crippen LogP contribution is -2.39. The number of nitrogens with one attached hydrogen (secondary N) is 2. The Kier molecular flexibility index (Phi) is 6.45. The summed E-state index contributed by atoms with van der Waals surface area (Å²) >= 11 is 0. The molecule has 1 heterocycles. The summed E-state index contributed by atoms with van der Waals surface area (Å²) in [6.07, 6.45) is -3.17. The van der Waals surface area contributed by atoms with Crippen LogP contribution in [0.5, 0.6) is 0 Å². The van der Waals surface area contributed by atoms with Crippen LogP contribution < -0.4 is 15.5 Å². The molecule has 1 fully saturated rings. The van der Waals surface area contributed by atoms with E-state index in [0.717, 1.165) is 6.07 Å². The summed E-state index contributed by atoms with van der Waals surface area (Å²) < 4.78 is 52.4. The zero-order chi connectivity index (χ0) is 21.7. The number of halogens is 4. The Morgan fingerprint density at radius 1 is 1.13 bits per heavy atom. The van der Waals surface area contributed by atoms with E-state index >= 15 is 0 Å². The predicted molar refractivity (Wildman–Crippen MR) is 105 cm³/mol. The molecule has 9 heteroatoms. The highest BCUT2D eigenvalue weighted by molar-refractivity contribution is 5.89. The van der Waals surface area contributed by atoms with Gasteiger partial charge in [0.05, 0.1) is 17.2 Å². The molecular formula is C21H20F4N4O. The van der Waals surface area contributed by atoms with Gasteiger partial charge in [-0.05, 0) is 61.2 Å². The molecule has 0 atom stereocenters. The van der Waals surface area contributed by atoms with Crippen LogP contribution in [-0.2, 0) is 6.18 Å². The summed E-state index contributed by atoms with van der Waals surface area (Å²) in [6.45, 7) is 1.53. The third kappa shape index (κ3) is 5.41. The molecule has 5 nitrogen and oxygen atoms in total. The summed E-state index contributed by atoms with van der Waals surface area (Å²) in [4.78, 5) is 13.8. The SMILES string of the molecule is N#Cc1ccc(N2CCC(CNC(=O)Nc3ccc(F)cc3)CC2)cc1C(F)(F)F. The molecule has 30 heavy (non-hydrogen) atoms. The number of carbonyl (C=O) groups excluding carboxylic acids is 1. The number of nitriles is 1. The molecule has 1 aliphatic heterocycles. The number of benzene rings is 2. The van der Waals surface area contributed by atoms with E-state index in [0.29, 0.717) is 43.9 Å². The fourth-order valence-corrected chi connectivity index (χ4v) is 3.40. The number of anilines is 2. The molecule has 158 valence electrons. The van der Waals surface area contributed by atoms with Gasteiger partial charge in [-0.1, -0.05) is 0 Å². The van der Waals surface area contributed by atoms with Gasteiger partial charge in [0.25, 0.3) is 0 Å².